The van der Waals surface area contributed by atoms with Crippen molar-refractivity contribution in [2.24, 2.45) is 0 Å². The van der Waals surface area contributed by atoms with Gasteiger partial charge in [-0.05, 0) is 41.5 Å². The third kappa shape index (κ3) is 5.35. The second kappa shape index (κ2) is 9.23. The summed E-state index contributed by atoms with van der Waals surface area (Å²) < 4.78 is 17.4. The van der Waals surface area contributed by atoms with E-state index in [0.29, 0.717) is 19.6 Å². The fourth-order valence-electron chi connectivity index (χ4n) is 2.94. The van der Waals surface area contributed by atoms with E-state index < -0.39 is 14.0 Å². The summed E-state index contributed by atoms with van der Waals surface area (Å²) in [5.74, 6) is -0.931. The maximum atomic E-state index is 11.6. The minimum Gasteiger partial charge on any atom is -0.478 e. The van der Waals surface area contributed by atoms with E-state index in [1.807, 2.05) is 12.1 Å². The highest BCUT2D eigenvalue weighted by Gasteiger charge is 2.39. The van der Waals surface area contributed by atoms with Crippen LogP contribution >= 0.6 is 8.03 Å². The fourth-order valence-corrected chi connectivity index (χ4v) is 3.82. The molecular weight excluding hydrogens is 329 g/mol. The molecule has 1 fully saturated rings. The van der Waals surface area contributed by atoms with Gasteiger partial charge in [0.15, 0.2) is 0 Å². The Bertz CT molecular complexity index is 555. The van der Waals surface area contributed by atoms with E-state index >= 15 is 0 Å². The number of hydrogen-bond acceptors (Lipinski definition) is 4. The highest BCUT2D eigenvalue weighted by Crippen LogP contribution is 2.32. The van der Waals surface area contributed by atoms with E-state index in [1.54, 1.807) is 12.1 Å². The Labute approximate surface area is 143 Å². The van der Waals surface area contributed by atoms with E-state index in [1.165, 1.54) is 0 Å². The van der Waals surface area contributed by atoms with Gasteiger partial charge in [0, 0.05) is 12.6 Å². The molecule has 24 heavy (non-hydrogen) atoms. The molecule has 0 amide bonds. The molecule has 4 atom stereocenters. The van der Waals surface area contributed by atoms with E-state index in [4.69, 9.17) is 9.84 Å². The molecule has 7 heteroatoms. The highest BCUT2D eigenvalue weighted by molar-refractivity contribution is 7.39. The lowest BCUT2D eigenvalue weighted by atomic mass is 10.0. The number of carboxylic acid groups (broad SMARTS) is 1. The van der Waals surface area contributed by atoms with Crippen molar-refractivity contribution < 1.29 is 24.1 Å². The second-order valence-electron chi connectivity index (χ2n) is 6.20. The van der Waals surface area contributed by atoms with E-state index in [2.05, 4.69) is 12.2 Å². The molecule has 1 heterocycles. The van der Waals surface area contributed by atoms with Crippen molar-refractivity contribution >= 4 is 14.0 Å². The summed E-state index contributed by atoms with van der Waals surface area (Å²) in [6, 6.07) is 6.95. The van der Waals surface area contributed by atoms with Crippen molar-refractivity contribution in [3.63, 3.8) is 0 Å². The van der Waals surface area contributed by atoms with Gasteiger partial charge in [-0.1, -0.05) is 25.5 Å². The van der Waals surface area contributed by atoms with Gasteiger partial charge in [0.25, 0.3) is 0 Å². The van der Waals surface area contributed by atoms with Gasteiger partial charge in [-0.15, -0.1) is 0 Å². The summed E-state index contributed by atoms with van der Waals surface area (Å²) in [6.07, 6.45) is 3.13. The average Bonchev–Trinajstić information content (AvgIpc) is 2.57. The third-order valence-corrected chi connectivity index (χ3v) is 5.53. The van der Waals surface area contributed by atoms with Crippen LogP contribution in [0.1, 0.15) is 42.1 Å². The van der Waals surface area contributed by atoms with Gasteiger partial charge in [0.2, 0.25) is 5.66 Å². The molecule has 1 aliphatic rings. The topological polar surface area (TPSA) is 95.9 Å². The molecule has 0 saturated carbocycles. The van der Waals surface area contributed by atoms with Gasteiger partial charge < -0.3 is 15.2 Å². The number of unbranched alkanes of at least 4 members (excludes halogenated alkanes) is 1. The van der Waals surface area contributed by atoms with Crippen LogP contribution in [-0.4, -0.2) is 46.9 Å². The van der Waals surface area contributed by atoms with Crippen LogP contribution in [0.4, 0.5) is 0 Å². The Morgan fingerprint density at radius 2 is 2.12 bits per heavy atom. The van der Waals surface area contributed by atoms with E-state index in [0.717, 1.165) is 24.8 Å². The molecule has 1 aromatic carbocycles. The summed E-state index contributed by atoms with van der Waals surface area (Å²) in [5, 5.41) is 12.3. The minimum absolute atomic E-state index is 0.125. The predicted octanol–water partition coefficient (Wildman–Crippen LogP) is 2.58. The normalized spacial score (nSPS) is 22.8. The molecule has 0 bridgehead atoms. The van der Waals surface area contributed by atoms with Crippen LogP contribution in [0.5, 0.6) is 0 Å². The number of morpholine rings is 1. The maximum Gasteiger partial charge on any atom is 0.511 e. The van der Waals surface area contributed by atoms with E-state index in [-0.39, 0.29) is 23.4 Å². The first kappa shape index (κ1) is 19.0. The van der Waals surface area contributed by atoms with Gasteiger partial charge in [-0.25, -0.2) is 4.79 Å². The van der Waals surface area contributed by atoms with Crippen molar-refractivity contribution in [1.29, 1.82) is 0 Å². The van der Waals surface area contributed by atoms with Crippen LogP contribution in [0.2, 0.25) is 0 Å². The molecule has 1 aromatic rings. The van der Waals surface area contributed by atoms with Crippen LogP contribution in [0.3, 0.4) is 0 Å². The zero-order chi connectivity index (χ0) is 17.5. The third-order valence-electron chi connectivity index (χ3n) is 4.37. The molecule has 0 aromatic heterocycles. The molecule has 2 unspecified atom stereocenters. The first-order valence-corrected chi connectivity index (χ1v) is 9.62. The van der Waals surface area contributed by atoms with Crippen LogP contribution in [0.15, 0.2) is 24.3 Å². The minimum atomic E-state index is -2.24. The molecule has 132 valence electrons. The zero-order valence-electron chi connectivity index (χ0n) is 13.9. The van der Waals surface area contributed by atoms with Gasteiger partial charge in [0.1, 0.15) is 6.10 Å². The Balaban J connectivity index is 1.85. The first-order chi connectivity index (χ1) is 11.5. The standard InChI is InChI=1S/C17H24NO5P/c1-2-3-4-16(24(21)22)15-10-18-14(11-23-15)9-12-5-7-13(8-6-12)17(19)20/h5-8,14-16,18H,2-4,9-11H2,1H3,(H-,19,20,21,22)/p+1/t14-,15+,16?/m1/s1. The number of nitrogens with one attached hydrogen (secondary N) is 1. The zero-order valence-corrected chi connectivity index (χ0v) is 14.7. The average molecular weight is 354 g/mol. The van der Waals surface area contributed by atoms with E-state index in [9.17, 15) is 14.3 Å². The molecular formula is C17H25NO5P+. The van der Waals surface area contributed by atoms with Crippen molar-refractivity contribution in [3.8, 4) is 0 Å². The number of ether oxygens (including phenoxy) is 1. The monoisotopic (exact) mass is 354 g/mol. The molecule has 6 nitrogen and oxygen atoms in total. The Kier molecular flexibility index (Phi) is 7.31. The molecule has 0 radical (unpaired) electrons. The summed E-state index contributed by atoms with van der Waals surface area (Å²) in [4.78, 5) is 20.4. The Morgan fingerprint density at radius 3 is 2.62 bits per heavy atom. The number of carbonyl (C=O) groups is 1. The summed E-state index contributed by atoms with van der Waals surface area (Å²) in [5.41, 5.74) is 0.996. The maximum absolute atomic E-state index is 11.6. The van der Waals surface area contributed by atoms with Crippen molar-refractivity contribution in [2.45, 2.75) is 50.4 Å². The predicted molar refractivity (Wildman–Crippen MR) is 91.8 cm³/mol. The van der Waals surface area contributed by atoms with Gasteiger partial charge >= 0.3 is 14.0 Å². The summed E-state index contributed by atoms with van der Waals surface area (Å²) >= 11 is 0. The lowest BCUT2D eigenvalue weighted by Gasteiger charge is -2.31. The van der Waals surface area contributed by atoms with Crippen LogP contribution < -0.4 is 5.32 Å². The molecule has 1 aliphatic heterocycles. The largest absolute Gasteiger partial charge is 0.511 e. The highest BCUT2D eigenvalue weighted by atomic mass is 31.1. The van der Waals surface area contributed by atoms with Crippen molar-refractivity contribution in [1.82, 2.24) is 5.32 Å². The van der Waals surface area contributed by atoms with Crippen molar-refractivity contribution in [2.75, 3.05) is 13.2 Å². The number of carboxylic acids is 1. The van der Waals surface area contributed by atoms with Crippen LogP contribution in [-0.2, 0) is 15.7 Å². The second-order valence-corrected chi connectivity index (χ2v) is 7.46. The quantitative estimate of drug-likeness (QED) is 0.621. The Morgan fingerprint density at radius 1 is 1.42 bits per heavy atom. The molecule has 2 rings (SSSR count). The van der Waals surface area contributed by atoms with Crippen molar-refractivity contribution in [3.05, 3.63) is 35.4 Å². The van der Waals surface area contributed by atoms with Crippen LogP contribution in [0.25, 0.3) is 0 Å². The number of benzene rings is 1. The summed E-state index contributed by atoms with van der Waals surface area (Å²) in [6.45, 7) is 3.11. The molecule has 1 saturated heterocycles. The molecule has 3 N–H and O–H groups in total. The summed E-state index contributed by atoms with van der Waals surface area (Å²) in [7, 11) is -2.24. The molecule has 0 aliphatic carbocycles. The lowest BCUT2D eigenvalue weighted by Crippen LogP contribution is -2.50. The number of hydrogen-bond donors (Lipinski definition) is 3. The lowest BCUT2D eigenvalue weighted by molar-refractivity contribution is -0.0000434. The molecule has 0 spiro atoms. The fraction of sp³-hybridized carbons (Fsp3) is 0.588. The smallest absolute Gasteiger partial charge is 0.478 e. The van der Waals surface area contributed by atoms with Gasteiger partial charge in [-0.2, -0.15) is 4.89 Å². The Hall–Kier alpha value is -1.33. The first-order valence-electron chi connectivity index (χ1n) is 8.33. The van der Waals surface area contributed by atoms with Gasteiger partial charge in [0.05, 0.1) is 12.2 Å². The number of aromatic carboxylic acids is 1. The van der Waals surface area contributed by atoms with Gasteiger partial charge in [-0.3, -0.25) is 0 Å². The SMILES string of the molecule is CCCCC([C@@H]1CN[C@H](Cc2ccc(C(=O)O)cc2)CO1)[P+](=O)O. The van der Waals surface area contributed by atoms with Crippen LogP contribution in [0, 0.1) is 0 Å². The number of rotatable bonds is 8.